The SMILES string of the molecule is CC1CC1C(Br)c1ccc(Cl)c2ccccc12. The van der Waals surface area contributed by atoms with Crippen LogP contribution in [0.5, 0.6) is 0 Å². The molecule has 0 nitrogen and oxygen atoms in total. The molecule has 0 aromatic heterocycles. The van der Waals surface area contributed by atoms with Crippen LogP contribution in [0.2, 0.25) is 5.02 Å². The number of rotatable bonds is 2. The molecule has 0 heterocycles. The molecule has 1 aliphatic rings. The first kappa shape index (κ1) is 11.6. The fraction of sp³-hybridized carbons (Fsp3) is 0.333. The molecule has 0 N–H and O–H groups in total. The minimum Gasteiger partial charge on any atom is -0.0837 e. The average Bonchev–Trinajstić information content (AvgIpc) is 3.07. The third-order valence-electron chi connectivity index (χ3n) is 3.75. The van der Waals surface area contributed by atoms with Crippen LogP contribution in [0.1, 0.15) is 23.7 Å². The van der Waals surface area contributed by atoms with E-state index in [2.05, 4.69) is 47.1 Å². The van der Waals surface area contributed by atoms with Crippen molar-refractivity contribution in [3.8, 4) is 0 Å². The summed E-state index contributed by atoms with van der Waals surface area (Å²) >= 11 is 10.1. The number of fused-ring (bicyclic) bond motifs is 1. The van der Waals surface area contributed by atoms with Gasteiger partial charge in [-0.2, -0.15) is 0 Å². The molecule has 2 aromatic carbocycles. The molecule has 2 heteroatoms. The largest absolute Gasteiger partial charge is 0.0837 e. The van der Waals surface area contributed by atoms with Crippen molar-refractivity contribution >= 4 is 38.3 Å². The Kier molecular flexibility index (Phi) is 2.92. The Morgan fingerprint density at radius 2 is 1.82 bits per heavy atom. The Hall–Kier alpha value is -0.530. The van der Waals surface area contributed by atoms with E-state index in [1.807, 2.05) is 12.1 Å². The van der Waals surface area contributed by atoms with E-state index in [1.54, 1.807) is 0 Å². The highest BCUT2D eigenvalue weighted by Crippen LogP contribution is 2.52. The van der Waals surface area contributed by atoms with E-state index in [0.717, 1.165) is 22.2 Å². The number of alkyl halides is 1. The summed E-state index contributed by atoms with van der Waals surface area (Å²) < 4.78 is 0. The predicted molar refractivity (Wildman–Crippen MR) is 77.9 cm³/mol. The lowest BCUT2D eigenvalue weighted by molar-refractivity contribution is 0.744. The van der Waals surface area contributed by atoms with E-state index in [4.69, 9.17) is 11.6 Å². The van der Waals surface area contributed by atoms with Crippen molar-refractivity contribution in [1.82, 2.24) is 0 Å². The molecule has 17 heavy (non-hydrogen) atoms. The molecule has 3 rings (SSSR count). The Bertz CT molecular complexity index is 564. The second-order valence-electron chi connectivity index (χ2n) is 4.96. The van der Waals surface area contributed by atoms with Gasteiger partial charge in [0.1, 0.15) is 0 Å². The first-order chi connectivity index (χ1) is 8.18. The molecule has 0 bridgehead atoms. The Labute approximate surface area is 115 Å². The quantitative estimate of drug-likeness (QED) is 0.635. The fourth-order valence-electron chi connectivity index (χ4n) is 2.52. The average molecular weight is 310 g/mol. The zero-order valence-electron chi connectivity index (χ0n) is 9.66. The van der Waals surface area contributed by atoms with Gasteiger partial charge in [0.25, 0.3) is 0 Å². The Morgan fingerprint density at radius 1 is 1.18 bits per heavy atom. The highest BCUT2D eigenvalue weighted by atomic mass is 79.9. The molecule has 1 saturated carbocycles. The molecule has 2 aromatic rings. The topological polar surface area (TPSA) is 0 Å². The van der Waals surface area contributed by atoms with Crippen LogP contribution in [0.25, 0.3) is 10.8 Å². The summed E-state index contributed by atoms with van der Waals surface area (Å²) in [5.41, 5.74) is 1.37. The number of hydrogen-bond donors (Lipinski definition) is 0. The van der Waals surface area contributed by atoms with Crippen LogP contribution < -0.4 is 0 Å². The van der Waals surface area contributed by atoms with E-state index in [9.17, 15) is 0 Å². The van der Waals surface area contributed by atoms with E-state index >= 15 is 0 Å². The second kappa shape index (κ2) is 4.29. The fourth-order valence-corrected chi connectivity index (χ4v) is 3.88. The molecule has 88 valence electrons. The Morgan fingerprint density at radius 3 is 2.47 bits per heavy atom. The molecule has 0 spiro atoms. The van der Waals surface area contributed by atoms with Crippen LogP contribution in [0.15, 0.2) is 36.4 Å². The third-order valence-corrected chi connectivity index (χ3v) is 5.25. The number of hydrogen-bond acceptors (Lipinski definition) is 0. The van der Waals surface area contributed by atoms with E-state index in [0.29, 0.717) is 4.83 Å². The van der Waals surface area contributed by atoms with Crippen LogP contribution in [-0.4, -0.2) is 0 Å². The van der Waals surface area contributed by atoms with Crippen LogP contribution in [0.3, 0.4) is 0 Å². The van der Waals surface area contributed by atoms with Crippen LogP contribution in [-0.2, 0) is 0 Å². The van der Waals surface area contributed by atoms with Crippen molar-refractivity contribution in [3.63, 3.8) is 0 Å². The minimum absolute atomic E-state index is 0.458. The number of benzene rings is 2. The van der Waals surface area contributed by atoms with Crippen LogP contribution >= 0.6 is 27.5 Å². The standard InChI is InChI=1S/C15H14BrCl/c1-9-8-13(9)15(16)12-6-7-14(17)11-5-3-2-4-10(11)12/h2-7,9,13,15H,8H2,1H3. The third kappa shape index (κ3) is 2.00. The van der Waals surface area contributed by atoms with Gasteiger partial charge in [-0.1, -0.05) is 64.8 Å². The van der Waals surface area contributed by atoms with Gasteiger partial charge in [-0.15, -0.1) is 0 Å². The van der Waals surface area contributed by atoms with Gasteiger partial charge >= 0.3 is 0 Å². The highest BCUT2D eigenvalue weighted by molar-refractivity contribution is 9.09. The predicted octanol–water partition coefficient (Wildman–Crippen LogP) is 5.59. The molecule has 0 saturated heterocycles. The molecule has 1 aliphatic carbocycles. The van der Waals surface area contributed by atoms with Gasteiger partial charge in [0.2, 0.25) is 0 Å². The summed E-state index contributed by atoms with van der Waals surface area (Å²) in [6, 6.07) is 12.6. The lowest BCUT2D eigenvalue weighted by atomic mass is 9.99. The molecule has 0 amide bonds. The maximum Gasteiger partial charge on any atom is 0.0484 e. The van der Waals surface area contributed by atoms with Crippen molar-refractivity contribution in [2.24, 2.45) is 11.8 Å². The zero-order chi connectivity index (χ0) is 12.0. The molecular weight excluding hydrogens is 296 g/mol. The van der Waals surface area contributed by atoms with Crippen molar-refractivity contribution in [2.75, 3.05) is 0 Å². The monoisotopic (exact) mass is 308 g/mol. The molecular formula is C15H14BrCl. The van der Waals surface area contributed by atoms with Gasteiger partial charge in [-0.25, -0.2) is 0 Å². The van der Waals surface area contributed by atoms with E-state index in [-0.39, 0.29) is 0 Å². The first-order valence-corrected chi connectivity index (χ1v) is 7.29. The van der Waals surface area contributed by atoms with Crippen molar-refractivity contribution in [1.29, 1.82) is 0 Å². The normalized spacial score (nSPS) is 24.9. The van der Waals surface area contributed by atoms with Crippen molar-refractivity contribution < 1.29 is 0 Å². The second-order valence-corrected chi connectivity index (χ2v) is 6.35. The van der Waals surface area contributed by atoms with E-state index < -0.39 is 0 Å². The summed E-state index contributed by atoms with van der Waals surface area (Å²) in [6.45, 7) is 2.32. The van der Waals surface area contributed by atoms with Gasteiger partial charge < -0.3 is 0 Å². The molecule has 3 unspecified atom stereocenters. The van der Waals surface area contributed by atoms with E-state index in [1.165, 1.54) is 17.4 Å². The minimum atomic E-state index is 0.458. The van der Waals surface area contributed by atoms with Crippen LogP contribution in [0.4, 0.5) is 0 Å². The zero-order valence-corrected chi connectivity index (χ0v) is 12.0. The smallest absolute Gasteiger partial charge is 0.0484 e. The summed E-state index contributed by atoms with van der Waals surface area (Å²) in [6.07, 6.45) is 1.33. The number of halogens is 2. The molecule has 0 aliphatic heterocycles. The van der Waals surface area contributed by atoms with Gasteiger partial charge in [0, 0.05) is 15.2 Å². The summed E-state index contributed by atoms with van der Waals surface area (Å²) in [5.74, 6) is 1.62. The maximum atomic E-state index is 6.24. The van der Waals surface area contributed by atoms with Gasteiger partial charge in [-0.3, -0.25) is 0 Å². The van der Waals surface area contributed by atoms with Gasteiger partial charge in [-0.05, 0) is 35.3 Å². The molecule has 0 radical (unpaired) electrons. The van der Waals surface area contributed by atoms with Crippen molar-refractivity contribution in [2.45, 2.75) is 18.2 Å². The Balaban J connectivity index is 2.13. The lowest BCUT2D eigenvalue weighted by Crippen LogP contribution is -1.95. The summed E-state index contributed by atoms with van der Waals surface area (Å²) in [4.78, 5) is 0.458. The molecule has 1 fully saturated rings. The van der Waals surface area contributed by atoms with Crippen LogP contribution in [0, 0.1) is 11.8 Å². The maximum absolute atomic E-state index is 6.24. The molecule has 3 atom stereocenters. The van der Waals surface area contributed by atoms with Crippen molar-refractivity contribution in [3.05, 3.63) is 47.0 Å². The van der Waals surface area contributed by atoms with Gasteiger partial charge in [0.05, 0.1) is 0 Å². The lowest BCUT2D eigenvalue weighted by Gasteiger charge is -2.13. The highest BCUT2D eigenvalue weighted by Gasteiger charge is 2.39. The first-order valence-electron chi connectivity index (χ1n) is 5.99. The summed E-state index contributed by atoms with van der Waals surface area (Å²) in [5, 5.41) is 3.28. The van der Waals surface area contributed by atoms with Gasteiger partial charge in [0.15, 0.2) is 0 Å². The summed E-state index contributed by atoms with van der Waals surface area (Å²) in [7, 11) is 0.